The second kappa shape index (κ2) is 8.85. The number of para-hydroxylation sites is 1. The molecule has 0 saturated heterocycles. The molecule has 2 aromatic carbocycles. The molecule has 0 aromatic heterocycles. The van der Waals surface area contributed by atoms with Crippen LogP contribution in [0.1, 0.15) is 36.4 Å². The lowest BCUT2D eigenvalue weighted by Gasteiger charge is -2.22. The topological polar surface area (TPSA) is 116 Å². The van der Waals surface area contributed by atoms with E-state index in [4.69, 9.17) is 16.7 Å². The number of amides is 1. The molecule has 0 saturated carbocycles. The molecule has 1 aliphatic rings. The van der Waals surface area contributed by atoms with Gasteiger partial charge in [0.05, 0.1) is 30.1 Å². The fourth-order valence-corrected chi connectivity index (χ4v) is 4.08. The van der Waals surface area contributed by atoms with Crippen LogP contribution in [0.3, 0.4) is 0 Å². The van der Waals surface area contributed by atoms with Crippen molar-refractivity contribution < 1.29 is 23.1 Å². The highest BCUT2D eigenvalue weighted by Gasteiger charge is 2.34. The van der Waals surface area contributed by atoms with E-state index in [1.54, 1.807) is 48.5 Å². The van der Waals surface area contributed by atoms with Crippen LogP contribution in [0.25, 0.3) is 0 Å². The lowest BCUT2D eigenvalue weighted by atomic mass is 9.97. The zero-order valence-corrected chi connectivity index (χ0v) is 17.7. The highest BCUT2D eigenvalue weighted by molar-refractivity contribution is 7.92. The molecule has 1 atom stereocenters. The second-order valence-electron chi connectivity index (χ2n) is 6.84. The van der Waals surface area contributed by atoms with Crippen LogP contribution in [-0.4, -0.2) is 42.4 Å². The van der Waals surface area contributed by atoms with Crippen molar-refractivity contribution in [1.29, 1.82) is 0 Å². The van der Waals surface area contributed by atoms with Crippen LogP contribution >= 0.6 is 11.6 Å². The summed E-state index contributed by atoms with van der Waals surface area (Å²) in [7, 11) is -3.52. The maximum Gasteiger partial charge on any atom is 0.303 e. The molecule has 1 amide bonds. The zero-order chi connectivity index (χ0) is 21.9. The van der Waals surface area contributed by atoms with Gasteiger partial charge in [0.15, 0.2) is 0 Å². The molecule has 0 fully saturated rings. The van der Waals surface area contributed by atoms with Crippen molar-refractivity contribution in [3.63, 3.8) is 0 Å². The summed E-state index contributed by atoms with van der Waals surface area (Å²) in [5.74, 6) is -1.53. The van der Waals surface area contributed by atoms with Crippen LogP contribution < -0.4 is 4.72 Å². The summed E-state index contributed by atoms with van der Waals surface area (Å²) in [5.41, 5.74) is 2.05. The van der Waals surface area contributed by atoms with Crippen molar-refractivity contribution in [1.82, 2.24) is 5.01 Å². The summed E-state index contributed by atoms with van der Waals surface area (Å²) in [5, 5.41) is 15.1. The molecule has 8 nitrogen and oxygen atoms in total. The van der Waals surface area contributed by atoms with Crippen molar-refractivity contribution in [2.45, 2.75) is 25.3 Å². The normalized spacial score (nSPS) is 16.3. The van der Waals surface area contributed by atoms with E-state index in [0.29, 0.717) is 34.0 Å². The third-order valence-electron chi connectivity index (χ3n) is 4.52. The molecule has 158 valence electrons. The molecule has 30 heavy (non-hydrogen) atoms. The summed E-state index contributed by atoms with van der Waals surface area (Å²) in [4.78, 5) is 23.6. The number of carboxylic acids is 1. The average Bonchev–Trinajstić information content (AvgIpc) is 3.10. The molecule has 1 heterocycles. The Bertz CT molecular complexity index is 1120. The number of sulfonamides is 1. The summed E-state index contributed by atoms with van der Waals surface area (Å²) < 4.78 is 25.9. The summed E-state index contributed by atoms with van der Waals surface area (Å²) in [6.45, 7) is 0. The van der Waals surface area contributed by atoms with Crippen molar-refractivity contribution in [3.8, 4) is 0 Å². The predicted molar refractivity (Wildman–Crippen MR) is 114 cm³/mol. The maximum absolute atomic E-state index is 12.7. The lowest BCUT2D eigenvalue weighted by Crippen LogP contribution is -2.27. The van der Waals surface area contributed by atoms with Gasteiger partial charge in [-0.05, 0) is 17.7 Å². The third-order valence-corrected chi connectivity index (χ3v) is 5.45. The van der Waals surface area contributed by atoms with Gasteiger partial charge in [-0.25, -0.2) is 13.4 Å². The van der Waals surface area contributed by atoms with Crippen LogP contribution in [0.15, 0.2) is 53.6 Å². The summed E-state index contributed by atoms with van der Waals surface area (Å²) >= 11 is 6.34. The number of anilines is 1. The number of hydrazone groups is 1. The monoisotopic (exact) mass is 449 g/mol. The van der Waals surface area contributed by atoms with Crippen LogP contribution in [0.2, 0.25) is 5.02 Å². The fourth-order valence-electron chi connectivity index (χ4n) is 3.24. The van der Waals surface area contributed by atoms with E-state index in [1.165, 1.54) is 5.01 Å². The Kier molecular flexibility index (Phi) is 6.42. The van der Waals surface area contributed by atoms with Gasteiger partial charge in [-0.3, -0.25) is 14.3 Å². The Hall–Kier alpha value is -2.91. The molecule has 0 spiro atoms. The molecule has 0 unspecified atom stereocenters. The predicted octanol–water partition coefficient (Wildman–Crippen LogP) is 3.25. The SMILES string of the molecule is CS(=O)(=O)Nc1ccccc1C1=NN(C(=O)CCC(=O)O)[C@@H](c2ccccc2Cl)C1. The average molecular weight is 450 g/mol. The maximum atomic E-state index is 12.7. The lowest BCUT2D eigenvalue weighted by molar-refractivity contribution is -0.141. The van der Waals surface area contributed by atoms with E-state index in [-0.39, 0.29) is 12.8 Å². The van der Waals surface area contributed by atoms with Crippen molar-refractivity contribution >= 4 is 44.9 Å². The standard InChI is InChI=1S/C20H20ClN3O5S/c1-30(28,29)23-16-9-5-3-7-14(16)17-12-18(13-6-2-4-8-15(13)21)24(22-17)19(25)10-11-20(26)27/h2-9,18,23H,10-12H2,1H3,(H,26,27)/t18-/m1/s1. The van der Waals surface area contributed by atoms with Gasteiger partial charge in [0.1, 0.15) is 0 Å². The Balaban J connectivity index is 2.01. The minimum Gasteiger partial charge on any atom is -0.481 e. The van der Waals surface area contributed by atoms with Gasteiger partial charge in [0.25, 0.3) is 0 Å². The van der Waals surface area contributed by atoms with Gasteiger partial charge in [-0.2, -0.15) is 5.10 Å². The Morgan fingerprint density at radius 1 is 1.17 bits per heavy atom. The first-order valence-corrected chi connectivity index (χ1v) is 11.4. The summed E-state index contributed by atoms with van der Waals surface area (Å²) in [6, 6.07) is 13.3. The number of benzene rings is 2. The molecule has 0 aliphatic carbocycles. The molecule has 2 aromatic rings. The molecule has 3 rings (SSSR count). The molecule has 0 radical (unpaired) electrons. The highest BCUT2D eigenvalue weighted by atomic mass is 35.5. The van der Waals surface area contributed by atoms with Gasteiger partial charge >= 0.3 is 5.97 Å². The molecule has 10 heteroatoms. The van der Waals surface area contributed by atoms with E-state index in [1.807, 2.05) is 0 Å². The number of hydrogen-bond acceptors (Lipinski definition) is 5. The zero-order valence-electron chi connectivity index (χ0n) is 16.1. The smallest absolute Gasteiger partial charge is 0.303 e. The first kappa shape index (κ1) is 21.8. The van der Waals surface area contributed by atoms with Crippen molar-refractivity contribution in [2.75, 3.05) is 11.0 Å². The van der Waals surface area contributed by atoms with Crippen LogP contribution in [0.4, 0.5) is 5.69 Å². The highest BCUT2D eigenvalue weighted by Crippen LogP contribution is 2.37. The van der Waals surface area contributed by atoms with Gasteiger partial charge in [-0.1, -0.05) is 48.0 Å². The third kappa shape index (κ3) is 5.17. The number of carbonyl (C=O) groups excluding carboxylic acids is 1. The van der Waals surface area contributed by atoms with E-state index in [2.05, 4.69) is 9.82 Å². The number of carbonyl (C=O) groups is 2. The van der Waals surface area contributed by atoms with Gasteiger partial charge < -0.3 is 5.11 Å². The number of hydrogen-bond donors (Lipinski definition) is 2. The van der Waals surface area contributed by atoms with Crippen LogP contribution in [0.5, 0.6) is 0 Å². The van der Waals surface area contributed by atoms with E-state index in [0.717, 1.165) is 6.26 Å². The second-order valence-corrected chi connectivity index (χ2v) is 9.00. The van der Waals surface area contributed by atoms with Crippen molar-refractivity contribution in [2.24, 2.45) is 5.10 Å². The van der Waals surface area contributed by atoms with Crippen LogP contribution in [-0.2, 0) is 19.6 Å². The molecule has 1 aliphatic heterocycles. The van der Waals surface area contributed by atoms with E-state index < -0.39 is 27.9 Å². The largest absolute Gasteiger partial charge is 0.481 e. The van der Waals surface area contributed by atoms with Gasteiger partial charge in [0, 0.05) is 23.4 Å². The number of aliphatic carboxylic acids is 1. The summed E-state index contributed by atoms with van der Waals surface area (Å²) in [6.07, 6.45) is 0.817. The molecule has 2 N–H and O–H groups in total. The molecular weight excluding hydrogens is 430 g/mol. The van der Waals surface area contributed by atoms with Gasteiger partial charge in [0.2, 0.25) is 15.9 Å². The number of carboxylic acid groups (broad SMARTS) is 1. The number of nitrogens with one attached hydrogen (secondary N) is 1. The van der Waals surface area contributed by atoms with Crippen molar-refractivity contribution in [3.05, 3.63) is 64.7 Å². The fraction of sp³-hybridized carbons (Fsp3) is 0.250. The minimum absolute atomic E-state index is 0.212. The molecular formula is C20H20ClN3O5S. The van der Waals surface area contributed by atoms with Gasteiger partial charge in [-0.15, -0.1) is 0 Å². The molecule has 0 bridgehead atoms. The minimum atomic E-state index is -3.52. The first-order chi connectivity index (χ1) is 14.2. The number of nitrogens with zero attached hydrogens (tertiary/aromatic N) is 2. The Morgan fingerprint density at radius 2 is 1.83 bits per heavy atom. The number of rotatable bonds is 7. The first-order valence-electron chi connectivity index (χ1n) is 9.08. The van der Waals surface area contributed by atoms with E-state index >= 15 is 0 Å². The van der Waals surface area contributed by atoms with Crippen LogP contribution in [0, 0.1) is 0 Å². The number of halogens is 1. The Morgan fingerprint density at radius 3 is 2.50 bits per heavy atom. The Labute approximate surface area is 179 Å². The quantitative estimate of drug-likeness (QED) is 0.673. The van der Waals surface area contributed by atoms with E-state index in [9.17, 15) is 18.0 Å².